The zero-order valence-corrected chi connectivity index (χ0v) is 11.1. The van der Waals surface area contributed by atoms with E-state index in [-0.39, 0.29) is 5.91 Å². The van der Waals surface area contributed by atoms with Crippen molar-refractivity contribution in [1.82, 2.24) is 14.8 Å². The highest BCUT2D eigenvalue weighted by Gasteiger charge is 2.32. The first-order valence-electron chi connectivity index (χ1n) is 6.96. The molecule has 2 saturated heterocycles. The lowest BCUT2D eigenvalue weighted by Gasteiger charge is -2.37. The van der Waals surface area contributed by atoms with E-state index in [2.05, 4.69) is 9.88 Å². The maximum atomic E-state index is 12.4. The summed E-state index contributed by atoms with van der Waals surface area (Å²) in [5.41, 5.74) is 7.02. The molecule has 5 heteroatoms. The Bertz CT molecular complexity index is 459. The Balaban J connectivity index is 1.69. The summed E-state index contributed by atoms with van der Waals surface area (Å²) in [5.74, 6) is 0.0510. The zero-order valence-electron chi connectivity index (χ0n) is 11.1. The summed E-state index contributed by atoms with van der Waals surface area (Å²) >= 11 is 0. The third-order valence-corrected chi connectivity index (χ3v) is 4.15. The van der Waals surface area contributed by atoms with Crippen molar-refractivity contribution in [1.29, 1.82) is 0 Å². The molecule has 1 amide bonds. The van der Waals surface area contributed by atoms with Crippen LogP contribution in [0.4, 0.5) is 0 Å². The van der Waals surface area contributed by atoms with Gasteiger partial charge < -0.3 is 10.6 Å². The van der Waals surface area contributed by atoms with E-state index in [1.54, 1.807) is 12.3 Å². The predicted molar refractivity (Wildman–Crippen MR) is 72.6 cm³/mol. The molecule has 0 bridgehead atoms. The van der Waals surface area contributed by atoms with Crippen LogP contribution in [0.2, 0.25) is 0 Å². The second-order valence-corrected chi connectivity index (χ2v) is 5.34. The highest BCUT2D eigenvalue weighted by Crippen LogP contribution is 2.22. The normalized spacial score (nSPS) is 23.4. The molecule has 0 aliphatic carbocycles. The van der Waals surface area contributed by atoms with Crippen LogP contribution in [-0.2, 0) is 6.54 Å². The summed E-state index contributed by atoms with van der Waals surface area (Å²) in [6.07, 6.45) is 4.17. The molecule has 102 valence electrons. The lowest BCUT2D eigenvalue weighted by Crippen LogP contribution is -2.52. The van der Waals surface area contributed by atoms with Crippen LogP contribution in [0.25, 0.3) is 0 Å². The van der Waals surface area contributed by atoms with Crippen LogP contribution in [0, 0.1) is 0 Å². The van der Waals surface area contributed by atoms with Gasteiger partial charge in [0.1, 0.15) is 5.69 Å². The van der Waals surface area contributed by atoms with Crippen LogP contribution in [0.1, 0.15) is 28.9 Å². The fourth-order valence-electron chi connectivity index (χ4n) is 3.01. The van der Waals surface area contributed by atoms with E-state index < -0.39 is 0 Å². The Kier molecular flexibility index (Phi) is 3.48. The number of aromatic nitrogens is 1. The molecule has 3 heterocycles. The van der Waals surface area contributed by atoms with Gasteiger partial charge >= 0.3 is 0 Å². The van der Waals surface area contributed by atoms with Crippen molar-refractivity contribution in [3.05, 3.63) is 29.6 Å². The molecule has 1 atom stereocenters. The molecule has 0 radical (unpaired) electrons. The molecule has 2 fully saturated rings. The molecule has 2 aliphatic heterocycles. The smallest absolute Gasteiger partial charge is 0.272 e. The quantitative estimate of drug-likeness (QED) is 0.839. The summed E-state index contributed by atoms with van der Waals surface area (Å²) in [4.78, 5) is 21.1. The van der Waals surface area contributed by atoms with Gasteiger partial charge in [0, 0.05) is 38.4 Å². The van der Waals surface area contributed by atoms with Gasteiger partial charge in [-0.15, -0.1) is 0 Å². The Hall–Kier alpha value is -1.46. The lowest BCUT2D eigenvalue weighted by atomic mass is 10.1. The maximum absolute atomic E-state index is 12.4. The molecule has 0 saturated carbocycles. The van der Waals surface area contributed by atoms with Gasteiger partial charge in [0.2, 0.25) is 0 Å². The number of piperazine rings is 1. The van der Waals surface area contributed by atoms with E-state index in [1.807, 2.05) is 11.0 Å². The van der Waals surface area contributed by atoms with E-state index in [0.29, 0.717) is 18.3 Å². The number of amides is 1. The lowest BCUT2D eigenvalue weighted by molar-refractivity contribution is 0.0566. The van der Waals surface area contributed by atoms with Gasteiger partial charge in [-0.2, -0.15) is 0 Å². The van der Waals surface area contributed by atoms with E-state index in [9.17, 15) is 4.79 Å². The van der Waals surface area contributed by atoms with Crippen molar-refractivity contribution in [2.45, 2.75) is 25.4 Å². The molecule has 0 spiro atoms. The highest BCUT2D eigenvalue weighted by molar-refractivity contribution is 5.92. The molecule has 0 aromatic carbocycles. The van der Waals surface area contributed by atoms with Crippen LogP contribution in [0.15, 0.2) is 18.3 Å². The molecule has 2 N–H and O–H groups in total. The topological polar surface area (TPSA) is 62.5 Å². The molecule has 19 heavy (non-hydrogen) atoms. The minimum absolute atomic E-state index is 0.0510. The summed E-state index contributed by atoms with van der Waals surface area (Å²) in [6, 6.07) is 4.22. The average molecular weight is 260 g/mol. The third-order valence-electron chi connectivity index (χ3n) is 4.15. The first-order chi connectivity index (χ1) is 9.28. The summed E-state index contributed by atoms with van der Waals surface area (Å²) in [5, 5.41) is 0. The minimum Gasteiger partial charge on any atom is -0.334 e. The van der Waals surface area contributed by atoms with Crippen molar-refractivity contribution in [2.75, 3.05) is 26.2 Å². The van der Waals surface area contributed by atoms with E-state index in [1.165, 1.54) is 19.4 Å². The number of nitrogens with zero attached hydrogens (tertiary/aromatic N) is 3. The van der Waals surface area contributed by atoms with Gasteiger partial charge in [0.25, 0.3) is 5.91 Å². The number of carbonyl (C=O) groups is 1. The van der Waals surface area contributed by atoms with Crippen molar-refractivity contribution < 1.29 is 4.79 Å². The number of nitrogens with two attached hydrogens (primary N) is 1. The SMILES string of the molecule is NCc1ccc(C(=O)N2CCN3CCCC3C2)nc1. The predicted octanol–water partition coefficient (Wildman–Crippen LogP) is 0.461. The first-order valence-corrected chi connectivity index (χ1v) is 6.96. The van der Waals surface area contributed by atoms with E-state index >= 15 is 0 Å². The van der Waals surface area contributed by atoms with Gasteiger partial charge in [-0.1, -0.05) is 6.07 Å². The van der Waals surface area contributed by atoms with Crippen LogP contribution in [0.5, 0.6) is 0 Å². The van der Waals surface area contributed by atoms with Gasteiger partial charge in [0.15, 0.2) is 0 Å². The van der Waals surface area contributed by atoms with E-state index in [4.69, 9.17) is 5.73 Å². The fraction of sp³-hybridized carbons (Fsp3) is 0.571. The number of rotatable bonds is 2. The number of hydrogen-bond donors (Lipinski definition) is 1. The second kappa shape index (κ2) is 5.27. The Morgan fingerprint density at radius 2 is 2.26 bits per heavy atom. The van der Waals surface area contributed by atoms with Crippen LogP contribution in [-0.4, -0.2) is 52.9 Å². The van der Waals surface area contributed by atoms with Gasteiger partial charge in [0.05, 0.1) is 0 Å². The Labute approximate surface area is 113 Å². The number of fused-ring (bicyclic) bond motifs is 1. The molecule has 1 unspecified atom stereocenters. The molecular formula is C14H20N4O. The van der Waals surface area contributed by atoms with Gasteiger partial charge in [-0.25, -0.2) is 0 Å². The molecule has 1 aromatic heterocycles. The number of hydrogen-bond acceptors (Lipinski definition) is 4. The number of carbonyl (C=O) groups excluding carboxylic acids is 1. The van der Waals surface area contributed by atoms with Gasteiger partial charge in [-0.3, -0.25) is 14.7 Å². The standard InChI is InChI=1S/C14H20N4O/c15-8-11-3-4-13(16-9-11)14(19)18-7-6-17-5-1-2-12(17)10-18/h3-4,9,12H,1-2,5-8,10,15H2. The van der Waals surface area contributed by atoms with Crippen molar-refractivity contribution in [3.8, 4) is 0 Å². The Morgan fingerprint density at radius 1 is 1.37 bits per heavy atom. The zero-order chi connectivity index (χ0) is 13.2. The van der Waals surface area contributed by atoms with Crippen LogP contribution in [0.3, 0.4) is 0 Å². The highest BCUT2D eigenvalue weighted by atomic mass is 16.2. The fourth-order valence-corrected chi connectivity index (χ4v) is 3.01. The summed E-state index contributed by atoms with van der Waals surface area (Å²) < 4.78 is 0. The third kappa shape index (κ3) is 2.48. The molecular weight excluding hydrogens is 240 g/mol. The molecule has 2 aliphatic rings. The summed E-state index contributed by atoms with van der Waals surface area (Å²) in [6.45, 7) is 4.31. The monoisotopic (exact) mass is 260 g/mol. The maximum Gasteiger partial charge on any atom is 0.272 e. The number of pyridine rings is 1. The summed E-state index contributed by atoms with van der Waals surface area (Å²) in [7, 11) is 0. The van der Waals surface area contributed by atoms with Crippen molar-refractivity contribution in [3.63, 3.8) is 0 Å². The average Bonchev–Trinajstić information content (AvgIpc) is 2.94. The second-order valence-electron chi connectivity index (χ2n) is 5.34. The molecule has 3 rings (SSSR count). The van der Waals surface area contributed by atoms with Crippen molar-refractivity contribution >= 4 is 5.91 Å². The van der Waals surface area contributed by atoms with Crippen LogP contribution < -0.4 is 5.73 Å². The minimum atomic E-state index is 0.0510. The first kappa shape index (κ1) is 12.6. The molecule has 1 aromatic rings. The van der Waals surface area contributed by atoms with Gasteiger partial charge in [-0.05, 0) is 31.0 Å². The van der Waals surface area contributed by atoms with E-state index in [0.717, 1.165) is 25.2 Å². The largest absolute Gasteiger partial charge is 0.334 e. The molecule has 5 nitrogen and oxygen atoms in total. The Morgan fingerprint density at radius 3 is 3.00 bits per heavy atom. The van der Waals surface area contributed by atoms with Crippen LogP contribution >= 0.6 is 0 Å². The van der Waals surface area contributed by atoms with Crippen molar-refractivity contribution in [2.24, 2.45) is 5.73 Å².